The van der Waals surface area contributed by atoms with E-state index in [2.05, 4.69) is 0 Å². The van der Waals surface area contributed by atoms with Gasteiger partial charge in [0.25, 0.3) is 0 Å². The van der Waals surface area contributed by atoms with Crippen molar-refractivity contribution >= 4 is 10.1 Å². The summed E-state index contributed by atoms with van der Waals surface area (Å²) in [5, 5.41) is 8.66. The Morgan fingerprint density at radius 3 is 1.42 bits per heavy atom. The predicted octanol–water partition coefficient (Wildman–Crippen LogP) is 2.81. The summed E-state index contributed by atoms with van der Waals surface area (Å²) in [7, 11) is -5.84. The number of benzene rings is 1. The van der Waals surface area contributed by atoms with Crippen molar-refractivity contribution in [2.45, 2.75) is 11.7 Å². The van der Waals surface area contributed by atoms with E-state index in [0.717, 1.165) is 24.3 Å². The standard InChI is InChI=1S/C7H5F3O.CHF3O3S/c8-7(9,10)5-1-3-6(11)4-2-5;2-1(3,4)8(5,6)7/h1-4,11H;(H,5,6,7). The van der Waals surface area contributed by atoms with Crippen molar-refractivity contribution in [3.63, 3.8) is 0 Å². The summed E-state index contributed by atoms with van der Waals surface area (Å²) in [6.45, 7) is 0. The molecule has 0 saturated heterocycles. The Labute approximate surface area is 103 Å². The predicted molar refractivity (Wildman–Crippen MR) is 50.7 cm³/mol. The summed E-state index contributed by atoms with van der Waals surface area (Å²) >= 11 is 0. The van der Waals surface area contributed by atoms with Crippen LogP contribution in [0.4, 0.5) is 26.3 Å². The van der Waals surface area contributed by atoms with Gasteiger partial charge < -0.3 is 5.11 Å². The summed E-state index contributed by atoms with van der Waals surface area (Å²) in [4.78, 5) is 0. The number of aromatic hydroxyl groups is 1. The average Bonchev–Trinajstić information content (AvgIpc) is 2.14. The Hall–Kier alpha value is -1.49. The van der Waals surface area contributed by atoms with Crippen LogP contribution < -0.4 is 0 Å². The highest BCUT2D eigenvalue weighted by Gasteiger charge is 2.44. The Morgan fingerprint density at radius 1 is 0.895 bits per heavy atom. The first-order valence-corrected chi connectivity index (χ1v) is 5.59. The summed E-state index contributed by atoms with van der Waals surface area (Å²) in [6, 6.07) is 3.66. The highest BCUT2D eigenvalue weighted by atomic mass is 32.2. The molecule has 4 nitrogen and oxygen atoms in total. The number of phenols is 1. The van der Waals surface area contributed by atoms with E-state index in [1.165, 1.54) is 0 Å². The lowest BCUT2D eigenvalue weighted by atomic mass is 10.2. The molecule has 0 spiro atoms. The van der Waals surface area contributed by atoms with Crippen LogP contribution in [0.15, 0.2) is 24.3 Å². The maximum absolute atomic E-state index is 11.8. The summed E-state index contributed by atoms with van der Waals surface area (Å²) in [5.74, 6) is -0.169. The minimum atomic E-state index is -5.84. The molecule has 0 aliphatic heterocycles. The van der Waals surface area contributed by atoms with Crippen LogP contribution in [0.1, 0.15) is 5.56 Å². The van der Waals surface area contributed by atoms with Crippen LogP contribution in [-0.4, -0.2) is 23.6 Å². The van der Waals surface area contributed by atoms with Crippen molar-refractivity contribution in [2.75, 3.05) is 0 Å². The van der Waals surface area contributed by atoms with Gasteiger partial charge in [0.15, 0.2) is 0 Å². The second-order valence-corrected chi connectivity index (χ2v) is 4.38. The van der Waals surface area contributed by atoms with Gasteiger partial charge in [0.1, 0.15) is 5.75 Å². The van der Waals surface area contributed by atoms with Gasteiger partial charge >= 0.3 is 21.8 Å². The van der Waals surface area contributed by atoms with Crippen molar-refractivity contribution in [2.24, 2.45) is 0 Å². The maximum atomic E-state index is 11.8. The molecule has 0 saturated carbocycles. The molecule has 1 aromatic carbocycles. The van der Waals surface area contributed by atoms with Crippen LogP contribution >= 0.6 is 0 Å². The zero-order valence-corrected chi connectivity index (χ0v) is 9.51. The molecule has 110 valence electrons. The molecular formula is C8H6F6O4S. The third-order valence-corrected chi connectivity index (χ3v) is 2.07. The molecule has 1 rings (SSSR count). The molecule has 19 heavy (non-hydrogen) atoms. The van der Waals surface area contributed by atoms with Gasteiger partial charge in [-0.25, -0.2) is 0 Å². The monoisotopic (exact) mass is 312 g/mol. The number of phenolic OH excluding ortho intramolecular Hbond substituents is 1. The van der Waals surface area contributed by atoms with E-state index in [4.69, 9.17) is 18.1 Å². The third-order valence-electron chi connectivity index (χ3n) is 1.49. The minimum Gasteiger partial charge on any atom is -0.508 e. The van der Waals surface area contributed by atoms with E-state index in [9.17, 15) is 26.3 Å². The fourth-order valence-electron chi connectivity index (χ4n) is 0.650. The largest absolute Gasteiger partial charge is 0.522 e. The fourth-order valence-corrected chi connectivity index (χ4v) is 0.650. The lowest BCUT2D eigenvalue weighted by Gasteiger charge is -2.04. The first-order chi connectivity index (χ1) is 8.25. The Balaban J connectivity index is 0.000000362. The molecule has 0 radical (unpaired) electrons. The first kappa shape index (κ1) is 17.5. The van der Waals surface area contributed by atoms with Crippen LogP contribution in [-0.2, 0) is 16.3 Å². The lowest BCUT2D eigenvalue weighted by molar-refractivity contribution is -0.137. The van der Waals surface area contributed by atoms with E-state index >= 15 is 0 Å². The normalized spacial score (nSPS) is 12.6. The van der Waals surface area contributed by atoms with Gasteiger partial charge in [-0.05, 0) is 24.3 Å². The van der Waals surface area contributed by atoms with Gasteiger partial charge in [0.05, 0.1) is 5.56 Å². The highest BCUT2D eigenvalue weighted by molar-refractivity contribution is 7.86. The molecule has 0 fully saturated rings. The van der Waals surface area contributed by atoms with Gasteiger partial charge in [-0.2, -0.15) is 34.8 Å². The van der Waals surface area contributed by atoms with Gasteiger partial charge in [0.2, 0.25) is 0 Å². The van der Waals surface area contributed by atoms with Gasteiger partial charge in [0, 0.05) is 0 Å². The van der Waals surface area contributed by atoms with Crippen molar-refractivity contribution in [1.82, 2.24) is 0 Å². The average molecular weight is 312 g/mol. The van der Waals surface area contributed by atoms with Crippen molar-refractivity contribution < 1.29 is 44.4 Å². The van der Waals surface area contributed by atoms with Crippen molar-refractivity contribution in [3.8, 4) is 5.75 Å². The SMILES string of the molecule is O=S(=O)(O)C(F)(F)F.Oc1ccc(C(F)(F)F)cc1. The van der Waals surface area contributed by atoms with Crippen molar-refractivity contribution in [3.05, 3.63) is 29.8 Å². The topological polar surface area (TPSA) is 74.6 Å². The quantitative estimate of drug-likeness (QED) is 0.439. The maximum Gasteiger partial charge on any atom is 0.522 e. The minimum absolute atomic E-state index is 0.169. The number of halogens is 6. The highest BCUT2D eigenvalue weighted by Crippen LogP contribution is 2.29. The molecule has 0 aliphatic rings. The number of hydrogen-bond donors (Lipinski definition) is 2. The van der Waals surface area contributed by atoms with E-state index in [0.29, 0.717) is 0 Å². The second kappa shape index (κ2) is 5.65. The van der Waals surface area contributed by atoms with E-state index in [-0.39, 0.29) is 5.75 Å². The van der Waals surface area contributed by atoms with Gasteiger partial charge in [-0.3, -0.25) is 4.55 Å². The van der Waals surface area contributed by atoms with E-state index in [1.54, 1.807) is 0 Å². The number of alkyl halides is 6. The molecule has 0 aromatic heterocycles. The van der Waals surface area contributed by atoms with Crippen LogP contribution in [0, 0.1) is 0 Å². The summed E-state index contributed by atoms with van der Waals surface area (Å²) < 4.78 is 93.1. The van der Waals surface area contributed by atoms with Crippen LogP contribution in [0.5, 0.6) is 5.75 Å². The molecule has 0 bridgehead atoms. The zero-order chi connectivity index (χ0) is 15.5. The van der Waals surface area contributed by atoms with Crippen LogP contribution in [0.2, 0.25) is 0 Å². The van der Waals surface area contributed by atoms with Crippen LogP contribution in [0.3, 0.4) is 0 Å². The van der Waals surface area contributed by atoms with Crippen molar-refractivity contribution in [1.29, 1.82) is 0 Å². The van der Waals surface area contributed by atoms with Crippen LogP contribution in [0.25, 0.3) is 0 Å². The summed E-state index contributed by atoms with van der Waals surface area (Å²) in [5.41, 5.74) is -6.29. The first-order valence-electron chi connectivity index (χ1n) is 4.15. The smallest absolute Gasteiger partial charge is 0.508 e. The summed E-state index contributed by atoms with van der Waals surface area (Å²) in [6.07, 6.45) is -4.33. The van der Waals surface area contributed by atoms with Gasteiger partial charge in [-0.1, -0.05) is 0 Å². The Morgan fingerprint density at radius 2 is 1.21 bits per heavy atom. The number of rotatable bonds is 0. The molecule has 0 unspecified atom stereocenters. The third kappa shape index (κ3) is 6.29. The molecule has 11 heteroatoms. The zero-order valence-electron chi connectivity index (χ0n) is 8.70. The lowest BCUT2D eigenvalue weighted by Crippen LogP contribution is -2.21. The van der Waals surface area contributed by atoms with E-state index < -0.39 is 27.4 Å². The molecular weight excluding hydrogens is 306 g/mol. The second-order valence-electron chi connectivity index (χ2n) is 2.97. The number of hydrogen-bond acceptors (Lipinski definition) is 3. The van der Waals surface area contributed by atoms with E-state index in [1.807, 2.05) is 0 Å². The molecule has 0 amide bonds. The molecule has 0 atom stereocenters. The molecule has 2 N–H and O–H groups in total. The Kier molecular flexibility index (Phi) is 5.21. The fraction of sp³-hybridized carbons (Fsp3) is 0.250. The molecule has 0 aliphatic carbocycles. The molecule has 0 heterocycles. The van der Waals surface area contributed by atoms with Gasteiger partial charge in [-0.15, -0.1) is 0 Å². The Bertz CT molecular complexity index is 502. The molecule has 1 aromatic rings.